The van der Waals surface area contributed by atoms with Crippen LogP contribution >= 0.6 is 0 Å². The summed E-state index contributed by atoms with van der Waals surface area (Å²) in [5.74, 6) is -3.91. The van der Waals surface area contributed by atoms with Crippen molar-refractivity contribution in [1.82, 2.24) is 0 Å². The summed E-state index contributed by atoms with van der Waals surface area (Å²) in [5.41, 5.74) is 0. The summed E-state index contributed by atoms with van der Waals surface area (Å²) in [6.07, 6.45) is 0. The Morgan fingerprint density at radius 2 is 1.89 bits per heavy atom. The summed E-state index contributed by atoms with van der Waals surface area (Å²) in [6, 6.07) is 1.85. The summed E-state index contributed by atoms with van der Waals surface area (Å²) in [4.78, 5) is 10.5. The first-order valence-corrected chi connectivity index (χ1v) is 6.38. The van der Waals surface area contributed by atoms with Gasteiger partial charge < -0.3 is 19.5 Å². The number of ether oxygens (including phenoxy) is 1. The van der Waals surface area contributed by atoms with Gasteiger partial charge in [-0.1, -0.05) is 0 Å². The Kier molecular flexibility index (Phi) is 4.95. The zero-order chi connectivity index (χ0) is 14.6. The quantitative estimate of drug-likeness (QED) is 0.415. The molecule has 1 aromatic carbocycles. The molecular weight excluding hydrogens is 283 g/mol. The van der Waals surface area contributed by atoms with Crippen molar-refractivity contribution in [3.63, 3.8) is 0 Å². The summed E-state index contributed by atoms with van der Waals surface area (Å²) >= 11 is 0. The normalized spacial score (nSPS) is 11.6. The molecule has 1 aromatic rings. The lowest BCUT2D eigenvalue weighted by Crippen LogP contribution is -2.26. The van der Waals surface area contributed by atoms with E-state index >= 15 is 0 Å². The summed E-state index contributed by atoms with van der Waals surface area (Å²) in [7, 11) is -4.90. The lowest BCUT2D eigenvalue weighted by Gasteiger charge is -2.12. The van der Waals surface area contributed by atoms with Crippen LogP contribution in [0.3, 0.4) is 0 Å². The van der Waals surface area contributed by atoms with Crippen LogP contribution in [-0.2, 0) is 14.9 Å². The Labute approximate surface area is 108 Å². The van der Waals surface area contributed by atoms with E-state index in [4.69, 9.17) is 10.2 Å². The Morgan fingerprint density at radius 3 is 2.37 bits per heavy atom. The molecule has 2 N–H and O–H groups in total. The summed E-state index contributed by atoms with van der Waals surface area (Å²) in [6.45, 7) is -1.39. The minimum Gasteiger partial charge on any atom is -0.744 e. The van der Waals surface area contributed by atoms with Crippen LogP contribution in [0.5, 0.6) is 5.75 Å². The third kappa shape index (κ3) is 4.24. The fraction of sp³-hybridized carbons (Fsp3) is 0.300. The number of rotatable bonds is 5. The van der Waals surface area contributed by atoms with Gasteiger partial charge in [-0.25, -0.2) is 12.8 Å². The van der Waals surface area contributed by atoms with E-state index in [9.17, 15) is 22.2 Å². The Bertz CT molecular complexity index is 565. The molecule has 0 heterocycles. The first kappa shape index (κ1) is 15.5. The Balaban J connectivity index is 3.03. The second-order valence-electron chi connectivity index (χ2n) is 3.56. The Hall–Kier alpha value is -1.55. The van der Waals surface area contributed by atoms with Crippen molar-refractivity contribution < 1.29 is 37.1 Å². The van der Waals surface area contributed by atoms with Gasteiger partial charge in [0.15, 0.2) is 0 Å². The zero-order valence-corrected chi connectivity index (χ0v) is 10.3. The van der Waals surface area contributed by atoms with Crippen LogP contribution in [0, 0.1) is 11.7 Å². The number of aliphatic hydroxyl groups excluding tert-OH is 2. The van der Waals surface area contributed by atoms with Crippen LogP contribution in [0.2, 0.25) is 0 Å². The second-order valence-corrected chi connectivity index (χ2v) is 4.94. The van der Waals surface area contributed by atoms with Gasteiger partial charge in [-0.2, -0.15) is 0 Å². The lowest BCUT2D eigenvalue weighted by molar-refractivity contribution is -0.141. The maximum atomic E-state index is 13.1. The molecule has 0 atom stereocenters. The van der Waals surface area contributed by atoms with Gasteiger partial charge >= 0.3 is 5.97 Å². The van der Waals surface area contributed by atoms with Crippen molar-refractivity contribution in [2.75, 3.05) is 13.2 Å². The van der Waals surface area contributed by atoms with Crippen molar-refractivity contribution >= 4 is 16.1 Å². The molecule has 0 saturated carbocycles. The van der Waals surface area contributed by atoms with E-state index in [2.05, 4.69) is 4.74 Å². The molecule has 7 nitrogen and oxygen atoms in total. The average Bonchev–Trinajstić information content (AvgIpc) is 2.28. The predicted molar refractivity (Wildman–Crippen MR) is 57.7 cm³/mol. The van der Waals surface area contributed by atoms with Gasteiger partial charge in [0.1, 0.15) is 27.6 Å². The van der Waals surface area contributed by atoms with Gasteiger partial charge in [0.05, 0.1) is 18.1 Å². The number of esters is 1. The van der Waals surface area contributed by atoms with Gasteiger partial charge in [0, 0.05) is 6.07 Å². The number of carbonyl (C=O) groups excluding carboxylic acids is 1. The topological polar surface area (TPSA) is 124 Å². The van der Waals surface area contributed by atoms with Gasteiger partial charge in [0.2, 0.25) is 0 Å². The molecule has 1 rings (SSSR count). The lowest BCUT2D eigenvalue weighted by atomic mass is 10.2. The first-order chi connectivity index (χ1) is 8.77. The molecule has 106 valence electrons. The fourth-order valence-electron chi connectivity index (χ4n) is 1.15. The monoisotopic (exact) mass is 293 g/mol. The first-order valence-electron chi connectivity index (χ1n) is 4.98. The molecular formula is C10H10FO7S-. The highest BCUT2D eigenvalue weighted by Gasteiger charge is 2.19. The van der Waals surface area contributed by atoms with Crippen LogP contribution in [-0.4, -0.2) is 42.4 Å². The molecule has 0 unspecified atom stereocenters. The highest BCUT2D eigenvalue weighted by Crippen LogP contribution is 2.20. The van der Waals surface area contributed by atoms with Crippen molar-refractivity contribution in [3.05, 3.63) is 24.0 Å². The van der Waals surface area contributed by atoms with Gasteiger partial charge in [0.25, 0.3) is 0 Å². The number of hydrogen-bond acceptors (Lipinski definition) is 7. The second kappa shape index (κ2) is 6.06. The molecule has 0 radical (unpaired) electrons. The minimum absolute atomic E-state index is 0.481. The third-order valence-corrected chi connectivity index (χ3v) is 2.94. The molecule has 0 bridgehead atoms. The van der Waals surface area contributed by atoms with Gasteiger partial charge in [-0.05, 0) is 12.1 Å². The van der Waals surface area contributed by atoms with E-state index in [0.29, 0.717) is 18.2 Å². The van der Waals surface area contributed by atoms with Crippen LogP contribution < -0.4 is 4.74 Å². The fourth-order valence-corrected chi connectivity index (χ4v) is 1.66. The highest BCUT2D eigenvalue weighted by atomic mass is 32.2. The minimum atomic E-state index is -4.90. The number of hydrogen-bond donors (Lipinski definition) is 2. The molecule has 0 saturated heterocycles. The molecule has 0 aliphatic rings. The van der Waals surface area contributed by atoms with E-state index in [1.807, 2.05) is 0 Å². The Morgan fingerprint density at radius 1 is 1.32 bits per heavy atom. The van der Waals surface area contributed by atoms with E-state index < -0.39 is 51.7 Å². The van der Waals surface area contributed by atoms with Crippen molar-refractivity contribution in [1.29, 1.82) is 0 Å². The number of halogens is 1. The zero-order valence-electron chi connectivity index (χ0n) is 9.45. The molecule has 0 amide bonds. The van der Waals surface area contributed by atoms with Gasteiger partial charge in [-0.3, -0.25) is 4.79 Å². The standard InChI is InChI=1S/C10H11FO7S/c11-7-1-8(3-9(2-7)19(15,16)17)18-10(14)6(4-12)5-13/h1-3,6,12-13H,4-5H2,(H,15,16,17)/p-1. The molecule has 0 aromatic heterocycles. The van der Waals surface area contributed by atoms with Crippen LogP contribution in [0.1, 0.15) is 0 Å². The SMILES string of the molecule is O=C(Oc1cc(F)cc(S(=O)(=O)[O-])c1)C(CO)CO. The number of benzene rings is 1. The van der Waals surface area contributed by atoms with Crippen LogP contribution in [0.15, 0.2) is 23.1 Å². The number of aliphatic hydroxyl groups is 2. The van der Waals surface area contributed by atoms with E-state index in [1.54, 1.807) is 0 Å². The molecule has 0 fully saturated rings. The van der Waals surface area contributed by atoms with Crippen molar-refractivity contribution in [2.24, 2.45) is 5.92 Å². The molecule has 0 spiro atoms. The summed E-state index contributed by atoms with van der Waals surface area (Å²) < 4.78 is 49.8. The molecule has 0 aliphatic carbocycles. The molecule has 19 heavy (non-hydrogen) atoms. The van der Waals surface area contributed by atoms with Crippen molar-refractivity contribution in [2.45, 2.75) is 4.90 Å². The third-order valence-electron chi connectivity index (χ3n) is 2.13. The van der Waals surface area contributed by atoms with Crippen molar-refractivity contribution in [3.8, 4) is 5.75 Å². The van der Waals surface area contributed by atoms with E-state index in [-0.39, 0.29) is 0 Å². The van der Waals surface area contributed by atoms with E-state index in [1.165, 1.54) is 0 Å². The van der Waals surface area contributed by atoms with Gasteiger partial charge in [-0.15, -0.1) is 0 Å². The molecule has 9 heteroatoms. The smallest absolute Gasteiger partial charge is 0.319 e. The average molecular weight is 293 g/mol. The van der Waals surface area contributed by atoms with E-state index in [0.717, 1.165) is 0 Å². The maximum absolute atomic E-state index is 13.1. The van der Waals surface area contributed by atoms with Crippen LogP contribution in [0.25, 0.3) is 0 Å². The maximum Gasteiger partial charge on any atom is 0.319 e. The largest absolute Gasteiger partial charge is 0.744 e. The molecule has 0 aliphatic heterocycles. The summed E-state index contributed by atoms with van der Waals surface area (Å²) in [5, 5.41) is 17.5. The van der Waals surface area contributed by atoms with Crippen LogP contribution in [0.4, 0.5) is 4.39 Å². The number of carbonyl (C=O) groups is 1. The predicted octanol–water partition coefficient (Wildman–Crippen LogP) is -0.764. The highest BCUT2D eigenvalue weighted by molar-refractivity contribution is 7.85.